The Hall–Kier alpha value is -0.00312. The Balaban J connectivity index is 5.12. The van der Waals surface area contributed by atoms with Crippen LogP contribution in [0.5, 0.6) is 0 Å². The first-order valence-electron chi connectivity index (χ1n) is 8.25. The second kappa shape index (κ2) is 9.33. The summed E-state index contributed by atoms with van der Waals surface area (Å²) in [7, 11) is -5.30. The summed E-state index contributed by atoms with van der Waals surface area (Å²) >= 11 is 0. The van der Waals surface area contributed by atoms with Crippen LogP contribution in [0.1, 0.15) is 48.5 Å². The summed E-state index contributed by atoms with van der Waals surface area (Å²) in [4.78, 5) is 12.6. The minimum atomic E-state index is -3.38. The van der Waals surface area contributed by atoms with Crippen LogP contribution in [0, 0.1) is 0 Å². The molecule has 0 saturated heterocycles. The van der Waals surface area contributed by atoms with Crippen LogP contribution < -0.4 is 0 Å². The third kappa shape index (κ3) is 6.24. The number of rotatable bonds is 12. The molecule has 0 aromatic carbocycles. The van der Waals surface area contributed by atoms with E-state index in [0.29, 0.717) is 0 Å². The van der Waals surface area contributed by atoms with Crippen molar-refractivity contribution < 1.29 is 22.8 Å². The molecule has 7 heteroatoms. The molecule has 0 aromatic rings. The molecule has 5 nitrogen and oxygen atoms in total. The summed E-state index contributed by atoms with van der Waals surface area (Å²) in [6.45, 7) is 13.9. The van der Waals surface area contributed by atoms with Gasteiger partial charge in [0.25, 0.3) is 0 Å². The van der Waals surface area contributed by atoms with Gasteiger partial charge >= 0.3 is 7.60 Å². The van der Waals surface area contributed by atoms with Crippen molar-refractivity contribution in [2.24, 2.45) is 0 Å². The highest BCUT2D eigenvalue weighted by molar-refractivity contribution is 7.54. The highest BCUT2D eigenvalue weighted by Gasteiger charge is 2.42. The van der Waals surface area contributed by atoms with E-state index in [1.54, 1.807) is 27.7 Å². The molecule has 0 heterocycles. The molecule has 0 N–H and O–H groups in total. The molecule has 0 unspecified atom stereocenters. The van der Waals surface area contributed by atoms with E-state index in [0.717, 1.165) is 18.1 Å². The zero-order chi connectivity index (χ0) is 17.4. The first-order chi connectivity index (χ1) is 10.1. The Morgan fingerprint density at radius 2 is 1.36 bits per heavy atom. The first kappa shape index (κ1) is 22.0. The maximum absolute atomic E-state index is 12.6. The van der Waals surface area contributed by atoms with Crippen LogP contribution in [0.2, 0.25) is 18.1 Å². The van der Waals surface area contributed by atoms with Crippen molar-refractivity contribution in [2.45, 2.75) is 72.2 Å². The predicted octanol–water partition coefficient (Wildman–Crippen LogP) is 4.62. The quantitative estimate of drug-likeness (QED) is 0.379. The molecular formula is C15H33O5PSi. The zero-order valence-corrected chi connectivity index (χ0v) is 17.1. The Morgan fingerprint density at radius 1 is 0.955 bits per heavy atom. The Labute approximate surface area is 136 Å². The second-order valence-electron chi connectivity index (χ2n) is 5.88. The molecule has 0 aliphatic carbocycles. The van der Waals surface area contributed by atoms with Crippen LogP contribution in [0.3, 0.4) is 0 Å². The third-order valence-corrected chi connectivity index (χ3v) is 10.9. The normalized spacial score (nSPS) is 13.4. The Kier molecular flexibility index (Phi) is 9.33. The van der Waals surface area contributed by atoms with Gasteiger partial charge in [0, 0.05) is 0 Å². The number of hydrogen-bond donors (Lipinski definition) is 0. The highest BCUT2D eigenvalue weighted by Crippen LogP contribution is 2.48. The van der Waals surface area contributed by atoms with Crippen molar-refractivity contribution in [3.05, 3.63) is 0 Å². The molecule has 0 atom stereocenters. The van der Waals surface area contributed by atoms with Crippen LogP contribution in [0.4, 0.5) is 0 Å². The average Bonchev–Trinajstić information content (AvgIpc) is 2.45. The maximum atomic E-state index is 12.6. The van der Waals surface area contributed by atoms with Gasteiger partial charge in [0.2, 0.25) is 0 Å². The number of hydrogen-bond acceptors (Lipinski definition) is 5. The van der Waals surface area contributed by atoms with Crippen LogP contribution in [0.25, 0.3) is 0 Å². The maximum Gasteiger partial charge on any atom is 0.338 e. The lowest BCUT2D eigenvalue weighted by atomic mass is 10.1. The first-order valence-corrected chi connectivity index (χ1v) is 12.5. The lowest BCUT2D eigenvalue weighted by Gasteiger charge is -2.37. The van der Waals surface area contributed by atoms with Crippen LogP contribution in [-0.2, 0) is 22.8 Å². The molecule has 22 heavy (non-hydrogen) atoms. The van der Waals surface area contributed by atoms with Crippen LogP contribution >= 0.6 is 7.60 Å². The fraction of sp³-hybridized carbons (Fsp3) is 0.933. The molecule has 0 amide bonds. The monoisotopic (exact) mass is 352 g/mol. The summed E-state index contributed by atoms with van der Waals surface area (Å²) in [5.41, 5.74) is -0.960. The molecule has 0 fully saturated rings. The molecule has 0 aromatic heterocycles. The van der Waals surface area contributed by atoms with Crippen molar-refractivity contribution in [3.8, 4) is 0 Å². The van der Waals surface area contributed by atoms with E-state index in [-0.39, 0.29) is 25.2 Å². The van der Waals surface area contributed by atoms with E-state index in [9.17, 15) is 9.36 Å². The lowest BCUT2D eigenvalue weighted by Crippen LogP contribution is -2.49. The van der Waals surface area contributed by atoms with Gasteiger partial charge in [-0.1, -0.05) is 20.8 Å². The summed E-state index contributed by atoms with van der Waals surface area (Å²) in [6, 6.07) is 2.89. The minimum Gasteiger partial charge on any atom is -0.405 e. The molecule has 0 spiro atoms. The topological polar surface area (TPSA) is 61.8 Å². The van der Waals surface area contributed by atoms with Gasteiger partial charge in [0.05, 0.1) is 13.2 Å². The smallest absolute Gasteiger partial charge is 0.338 e. The van der Waals surface area contributed by atoms with Crippen LogP contribution in [0.15, 0.2) is 0 Å². The van der Waals surface area contributed by atoms with Gasteiger partial charge in [0.15, 0.2) is 14.1 Å². The summed E-state index contributed by atoms with van der Waals surface area (Å²) in [5, 5.41) is 0. The molecule has 0 rings (SSSR count). The molecular weight excluding hydrogens is 319 g/mol. The number of carbonyl (C=O) groups excluding carboxylic acids is 1. The largest absolute Gasteiger partial charge is 0.405 e. The van der Waals surface area contributed by atoms with Crippen molar-refractivity contribution in [1.29, 1.82) is 0 Å². The Bertz CT molecular complexity index is 375. The van der Waals surface area contributed by atoms with Gasteiger partial charge in [-0.2, -0.15) is 0 Å². The SMILES string of the molecule is CCOP(=O)(CC(=O)C(C)(C)O[Si](CC)(CC)CC)OCC. The predicted molar refractivity (Wildman–Crippen MR) is 93.1 cm³/mol. The summed E-state index contributed by atoms with van der Waals surface area (Å²) < 4.78 is 29.3. The van der Waals surface area contributed by atoms with E-state index < -0.39 is 21.5 Å². The minimum absolute atomic E-state index is 0.218. The van der Waals surface area contributed by atoms with Crippen molar-refractivity contribution in [1.82, 2.24) is 0 Å². The fourth-order valence-electron chi connectivity index (χ4n) is 2.45. The van der Waals surface area contributed by atoms with Crippen molar-refractivity contribution in [2.75, 3.05) is 19.4 Å². The van der Waals surface area contributed by atoms with E-state index in [2.05, 4.69) is 20.8 Å². The lowest BCUT2D eigenvalue weighted by molar-refractivity contribution is -0.130. The second-order valence-corrected chi connectivity index (χ2v) is 12.6. The number of carbonyl (C=O) groups is 1. The van der Waals surface area contributed by atoms with Gasteiger partial charge in [-0.3, -0.25) is 9.36 Å². The molecule has 132 valence electrons. The number of ketones is 1. The van der Waals surface area contributed by atoms with Gasteiger partial charge in [0.1, 0.15) is 11.8 Å². The fourth-order valence-corrected chi connectivity index (χ4v) is 7.36. The summed E-state index contributed by atoms with van der Waals surface area (Å²) in [6.07, 6.45) is -0.233. The summed E-state index contributed by atoms with van der Waals surface area (Å²) in [5.74, 6) is -0.218. The zero-order valence-electron chi connectivity index (χ0n) is 15.2. The average molecular weight is 352 g/mol. The Morgan fingerprint density at radius 3 is 1.68 bits per heavy atom. The highest BCUT2D eigenvalue weighted by atomic mass is 31.2. The van der Waals surface area contributed by atoms with Gasteiger partial charge < -0.3 is 13.5 Å². The van der Waals surface area contributed by atoms with Crippen molar-refractivity contribution in [3.63, 3.8) is 0 Å². The van der Waals surface area contributed by atoms with Gasteiger partial charge in [-0.25, -0.2) is 0 Å². The van der Waals surface area contributed by atoms with E-state index in [4.69, 9.17) is 13.5 Å². The molecule has 0 bridgehead atoms. The molecule has 0 aliphatic rings. The molecule has 0 saturated carbocycles. The van der Waals surface area contributed by atoms with Crippen LogP contribution in [-0.4, -0.2) is 39.1 Å². The van der Waals surface area contributed by atoms with E-state index in [1.165, 1.54) is 0 Å². The van der Waals surface area contributed by atoms with Gasteiger partial charge in [-0.05, 0) is 45.8 Å². The van der Waals surface area contributed by atoms with E-state index in [1.807, 2.05) is 0 Å². The standard InChI is InChI=1S/C15H33O5PSi/c1-8-18-21(17,19-9-2)13-14(16)15(6,7)20-22(10-3,11-4)12-5/h8-13H2,1-7H3. The molecule has 0 radical (unpaired) electrons. The van der Waals surface area contributed by atoms with Crippen molar-refractivity contribution >= 4 is 21.7 Å². The van der Waals surface area contributed by atoms with E-state index >= 15 is 0 Å². The van der Waals surface area contributed by atoms with Gasteiger partial charge in [-0.15, -0.1) is 0 Å². The third-order valence-electron chi connectivity index (χ3n) is 4.07. The number of Topliss-reactive ketones (excluding diaryl/α,β-unsaturated/α-hetero) is 1. The molecule has 0 aliphatic heterocycles.